The van der Waals surface area contributed by atoms with Crippen LogP contribution in [0.1, 0.15) is 45.4 Å². The van der Waals surface area contributed by atoms with E-state index in [0.717, 1.165) is 31.8 Å². The summed E-state index contributed by atoms with van der Waals surface area (Å²) in [6.45, 7) is 4.43. The summed E-state index contributed by atoms with van der Waals surface area (Å²) in [4.78, 5) is 0. The standard InChI is InChI=1S/C18H35NO3/c1-13-9-17(21-3)16(18(10-13)22-4)12-19-11-14-5-7-15(20-2)8-6-14/h13-19H,5-12H2,1-4H3. The molecule has 2 aliphatic rings. The third kappa shape index (κ3) is 4.92. The molecule has 2 unspecified atom stereocenters. The summed E-state index contributed by atoms with van der Waals surface area (Å²) >= 11 is 0. The summed E-state index contributed by atoms with van der Waals surface area (Å²) in [5, 5.41) is 3.70. The molecule has 2 fully saturated rings. The average molecular weight is 313 g/mol. The van der Waals surface area contributed by atoms with Crippen molar-refractivity contribution >= 4 is 0 Å². The SMILES string of the molecule is COC1CCC(CNCC2C(OC)CC(C)CC2OC)CC1. The highest BCUT2D eigenvalue weighted by Crippen LogP contribution is 2.32. The molecule has 0 amide bonds. The van der Waals surface area contributed by atoms with Gasteiger partial charge in [-0.3, -0.25) is 0 Å². The zero-order valence-corrected chi connectivity index (χ0v) is 14.8. The monoisotopic (exact) mass is 313 g/mol. The van der Waals surface area contributed by atoms with Crippen LogP contribution in [0, 0.1) is 17.8 Å². The summed E-state index contributed by atoms with van der Waals surface area (Å²) in [6, 6.07) is 0. The lowest BCUT2D eigenvalue weighted by molar-refractivity contribution is -0.0773. The highest BCUT2D eigenvalue weighted by Gasteiger charge is 2.36. The molecule has 4 heteroatoms. The van der Waals surface area contributed by atoms with Crippen LogP contribution >= 0.6 is 0 Å². The fraction of sp³-hybridized carbons (Fsp3) is 1.00. The Morgan fingerprint density at radius 1 is 0.818 bits per heavy atom. The summed E-state index contributed by atoms with van der Waals surface area (Å²) in [6.07, 6.45) is 8.45. The van der Waals surface area contributed by atoms with Gasteiger partial charge < -0.3 is 19.5 Å². The van der Waals surface area contributed by atoms with Crippen LogP contribution in [0.5, 0.6) is 0 Å². The molecule has 0 saturated heterocycles. The van der Waals surface area contributed by atoms with E-state index in [1.807, 2.05) is 21.3 Å². The second-order valence-electron chi connectivity index (χ2n) is 7.33. The Morgan fingerprint density at radius 3 is 1.91 bits per heavy atom. The maximum Gasteiger partial charge on any atom is 0.0639 e. The van der Waals surface area contributed by atoms with Gasteiger partial charge in [-0.2, -0.15) is 0 Å². The van der Waals surface area contributed by atoms with Gasteiger partial charge in [0.2, 0.25) is 0 Å². The normalized spacial score (nSPS) is 39.8. The van der Waals surface area contributed by atoms with Crippen molar-refractivity contribution < 1.29 is 14.2 Å². The summed E-state index contributed by atoms with van der Waals surface area (Å²) in [5.74, 6) is 1.97. The van der Waals surface area contributed by atoms with Gasteiger partial charge in [-0.25, -0.2) is 0 Å². The Balaban J connectivity index is 1.74. The molecule has 0 spiro atoms. The second kappa shape index (κ2) is 9.21. The zero-order chi connectivity index (χ0) is 15.9. The first-order valence-electron chi connectivity index (χ1n) is 8.97. The molecule has 130 valence electrons. The van der Waals surface area contributed by atoms with E-state index in [1.165, 1.54) is 25.7 Å². The molecule has 0 heterocycles. The fourth-order valence-electron chi connectivity index (χ4n) is 4.31. The predicted molar refractivity (Wildman–Crippen MR) is 89.1 cm³/mol. The maximum atomic E-state index is 5.74. The lowest BCUT2D eigenvalue weighted by Gasteiger charge is -2.40. The molecule has 0 radical (unpaired) electrons. The molecule has 22 heavy (non-hydrogen) atoms. The third-order valence-electron chi connectivity index (χ3n) is 5.77. The quantitative estimate of drug-likeness (QED) is 0.784. The highest BCUT2D eigenvalue weighted by molar-refractivity contribution is 4.88. The molecule has 0 aromatic carbocycles. The van der Waals surface area contributed by atoms with Crippen molar-refractivity contribution in [3.63, 3.8) is 0 Å². The minimum atomic E-state index is 0.324. The molecule has 2 aliphatic carbocycles. The summed E-state index contributed by atoms with van der Waals surface area (Å²) < 4.78 is 16.9. The number of ether oxygens (including phenoxy) is 3. The number of hydrogen-bond donors (Lipinski definition) is 1. The molecule has 2 atom stereocenters. The first-order chi connectivity index (χ1) is 10.7. The molecular formula is C18H35NO3. The van der Waals surface area contributed by atoms with Gasteiger partial charge in [0, 0.05) is 33.8 Å². The number of methoxy groups -OCH3 is 3. The Hall–Kier alpha value is -0.160. The van der Waals surface area contributed by atoms with Crippen molar-refractivity contribution in [3.05, 3.63) is 0 Å². The van der Waals surface area contributed by atoms with E-state index in [9.17, 15) is 0 Å². The van der Waals surface area contributed by atoms with Crippen molar-refractivity contribution in [2.24, 2.45) is 17.8 Å². The number of hydrogen-bond acceptors (Lipinski definition) is 4. The van der Waals surface area contributed by atoms with Gasteiger partial charge in [-0.05, 0) is 56.9 Å². The molecule has 4 nitrogen and oxygen atoms in total. The van der Waals surface area contributed by atoms with Gasteiger partial charge in [-0.1, -0.05) is 6.92 Å². The fourth-order valence-corrected chi connectivity index (χ4v) is 4.31. The largest absolute Gasteiger partial charge is 0.381 e. The Labute approximate surface area is 136 Å². The molecule has 0 aromatic heterocycles. The zero-order valence-electron chi connectivity index (χ0n) is 14.8. The number of rotatable bonds is 7. The summed E-state index contributed by atoms with van der Waals surface area (Å²) in [7, 11) is 5.52. The van der Waals surface area contributed by atoms with Gasteiger partial charge in [0.05, 0.1) is 18.3 Å². The van der Waals surface area contributed by atoms with Gasteiger partial charge in [0.15, 0.2) is 0 Å². The highest BCUT2D eigenvalue weighted by atomic mass is 16.5. The van der Waals surface area contributed by atoms with Crippen LogP contribution in [-0.2, 0) is 14.2 Å². The van der Waals surface area contributed by atoms with Gasteiger partial charge in [0.1, 0.15) is 0 Å². The topological polar surface area (TPSA) is 39.7 Å². The van der Waals surface area contributed by atoms with Gasteiger partial charge in [0.25, 0.3) is 0 Å². The van der Waals surface area contributed by atoms with E-state index in [0.29, 0.717) is 30.1 Å². The minimum absolute atomic E-state index is 0.324. The summed E-state index contributed by atoms with van der Waals surface area (Å²) in [5.41, 5.74) is 0. The van der Waals surface area contributed by atoms with E-state index in [2.05, 4.69) is 12.2 Å². The Bertz CT molecular complexity index is 291. The molecule has 1 N–H and O–H groups in total. The van der Waals surface area contributed by atoms with Crippen molar-refractivity contribution in [1.29, 1.82) is 0 Å². The Morgan fingerprint density at radius 2 is 1.41 bits per heavy atom. The maximum absolute atomic E-state index is 5.74. The third-order valence-corrected chi connectivity index (χ3v) is 5.77. The van der Waals surface area contributed by atoms with E-state index in [4.69, 9.17) is 14.2 Å². The van der Waals surface area contributed by atoms with Crippen LogP contribution in [0.3, 0.4) is 0 Å². The van der Waals surface area contributed by atoms with Crippen LogP contribution in [0.2, 0.25) is 0 Å². The lowest BCUT2D eigenvalue weighted by atomic mass is 9.78. The van der Waals surface area contributed by atoms with Crippen LogP contribution in [0.25, 0.3) is 0 Å². The van der Waals surface area contributed by atoms with E-state index >= 15 is 0 Å². The van der Waals surface area contributed by atoms with E-state index in [-0.39, 0.29) is 0 Å². The van der Waals surface area contributed by atoms with Crippen molar-refractivity contribution in [2.75, 3.05) is 34.4 Å². The minimum Gasteiger partial charge on any atom is -0.381 e. The molecular weight excluding hydrogens is 278 g/mol. The van der Waals surface area contributed by atoms with E-state index in [1.54, 1.807) is 0 Å². The van der Waals surface area contributed by atoms with E-state index < -0.39 is 0 Å². The average Bonchev–Trinajstić information content (AvgIpc) is 2.56. The molecule has 0 aromatic rings. The number of nitrogens with one attached hydrogen (secondary N) is 1. The smallest absolute Gasteiger partial charge is 0.0639 e. The molecule has 2 rings (SSSR count). The van der Waals surface area contributed by atoms with Crippen LogP contribution in [0.15, 0.2) is 0 Å². The van der Waals surface area contributed by atoms with Crippen LogP contribution < -0.4 is 5.32 Å². The lowest BCUT2D eigenvalue weighted by Crippen LogP contribution is -2.47. The second-order valence-corrected chi connectivity index (χ2v) is 7.33. The first kappa shape index (κ1) is 18.2. The van der Waals surface area contributed by atoms with Gasteiger partial charge in [-0.15, -0.1) is 0 Å². The predicted octanol–water partition coefficient (Wildman–Crippen LogP) is 2.86. The Kier molecular flexibility index (Phi) is 7.61. The van der Waals surface area contributed by atoms with Crippen LogP contribution in [0.4, 0.5) is 0 Å². The van der Waals surface area contributed by atoms with Gasteiger partial charge >= 0.3 is 0 Å². The van der Waals surface area contributed by atoms with Crippen molar-refractivity contribution in [1.82, 2.24) is 5.32 Å². The molecule has 0 bridgehead atoms. The van der Waals surface area contributed by atoms with Crippen LogP contribution in [-0.4, -0.2) is 52.7 Å². The molecule has 0 aliphatic heterocycles. The first-order valence-corrected chi connectivity index (χ1v) is 8.97. The molecule has 2 saturated carbocycles. The van der Waals surface area contributed by atoms with Crippen molar-refractivity contribution in [3.8, 4) is 0 Å². The van der Waals surface area contributed by atoms with Crippen molar-refractivity contribution in [2.45, 2.75) is 63.8 Å².